The Labute approximate surface area is 190 Å². The van der Waals surface area contributed by atoms with Crippen LogP contribution in [0.2, 0.25) is 5.02 Å². The fraction of sp³-hybridized carbons (Fsp3) is 0.364. The van der Waals surface area contributed by atoms with Crippen molar-refractivity contribution in [3.8, 4) is 11.5 Å². The number of carbonyl (C=O) groups excluding carboxylic acids is 2. The first-order valence-electron chi connectivity index (χ1n) is 9.60. The van der Waals surface area contributed by atoms with Gasteiger partial charge in [0, 0.05) is 24.0 Å². The second-order valence-electron chi connectivity index (χ2n) is 7.45. The third-order valence-electron chi connectivity index (χ3n) is 5.21. The summed E-state index contributed by atoms with van der Waals surface area (Å²) in [5.41, 5.74) is 1.20. The van der Waals surface area contributed by atoms with E-state index in [0.29, 0.717) is 23.9 Å². The van der Waals surface area contributed by atoms with Crippen molar-refractivity contribution in [2.75, 3.05) is 41.4 Å². The molecular formula is C22H25ClN2O5S. The van der Waals surface area contributed by atoms with Crippen LogP contribution in [0.25, 0.3) is 5.76 Å². The molecule has 1 atom stereocenters. The Morgan fingerprint density at radius 2 is 1.90 bits per heavy atom. The van der Waals surface area contributed by atoms with E-state index in [4.69, 9.17) is 21.1 Å². The molecule has 1 aliphatic heterocycles. The third-order valence-corrected chi connectivity index (χ3v) is 6.57. The van der Waals surface area contributed by atoms with Crippen molar-refractivity contribution in [2.24, 2.45) is 0 Å². The Kier molecular flexibility index (Phi) is 6.93. The number of hydrogen-bond donors (Lipinski definition) is 1. The van der Waals surface area contributed by atoms with Crippen molar-refractivity contribution in [1.29, 1.82) is 0 Å². The molecule has 0 bridgehead atoms. The summed E-state index contributed by atoms with van der Waals surface area (Å²) in [7, 11) is 6.68. The normalized spacial score (nSPS) is 18.2. The summed E-state index contributed by atoms with van der Waals surface area (Å²) in [6, 6.07) is 4.24. The molecule has 1 N–H and O–H groups in total. The Morgan fingerprint density at radius 1 is 1.23 bits per heavy atom. The maximum atomic E-state index is 13.1. The van der Waals surface area contributed by atoms with Crippen LogP contribution in [0.3, 0.4) is 0 Å². The second-order valence-corrected chi connectivity index (χ2v) is 8.81. The van der Waals surface area contributed by atoms with Gasteiger partial charge in [-0.3, -0.25) is 9.59 Å². The van der Waals surface area contributed by atoms with Gasteiger partial charge in [-0.25, -0.2) is 0 Å². The molecule has 7 nitrogen and oxygen atoms in total. The first-order chi connectivity index (χ1) is 14.7. The number of aliphatic hydroxyl groups excluding tert-OH is 1. The number of hydrogen-bond acceptors (Lipinski definition) is 7. The average molecular weight is 465 g/mol. The van der Waals surface area contributed by atoms with Gasteiger partial charge in [-0.15, -0.1) is 11.3 Å². The van der Waals surface area contributed by atoms with Gasteiger partial charge in [0.1, 0.15) is 17.3 Å². The lowest BCUT2D eigenvalue weighted by Gasteiger charge is -2.26. The molecule has 2 heterocycles. The summed E-state index contributed by atoms with van der Waals surface area (Å²) in [6.07, 6.45) is 0. The molecule has 1 aliphatic rings. The quantitative estimate of drug-likeness (QED) is 0.382. The van der Waals surface area contributed by atoms with E-state index in [1.54, 1.807) is 0 Å². The summed E-state index contributed by atoms with van der Waals surface area (Å²) in [6.45, 7) is 2.84. The number of methoxy groups -OCH3 is 2. The maximum absolute atomic E-state index is 13.1. The van der Waals surface area contributed by atoms with Crippen LogP contribution in [0.15, 0.2) is 29.2 Å². The van der Waals surface area contributed by atoms with Crippen LogP contribution < -0.4 is 9.47 Å². The lowest BCUT2D eigenvalue weighted by Crippen LogP contribution is -2.35. The van der Waals surface area contributed by atoms with Crippen LogP contribution in [-0.2, 0) is 9.59 Å². The summed E-state index contributed by atoms with van der Waals surface area (Å²) in [5, 5.41) is 13.5. The van der Waals surface area contributed by atoms with Crippen LogP contribution in [0.1, 0.15) is 22.0 Å². The first kappa shape index (κ1) is 23.1. The number of likely N-dealkylation sites (N-methyl/N-ethyl adjacent to an activating group) is 1. The molecular weight excluding hydrogens is 440 g/mol. The number of ketones is 1. The zero-order valence-electron chi connectivity index (χ0n) is 18.1. The fourth-order valence-corrected chi connectivity index (χ4v) is 4.82. The average Bonchev–Trinajstić information content (AvgIpc) is 3.26. The van der Waals surface area contributed by atoms with Gasteiger partial charge in [0.15, 0.2) is 0 Å². The highest BCUT2D eigenvalue weighted by atomic mass is 35.5. The number of halogens is 1. The van der Waals surface area contributed by atoms with Gasteiger partial charge in [0.25, 0.3) is 11.7 Å². The van der Waals surface area contributed by atoms with E-state index in [2.05, 4.69) is 0 Å². The van der Waals surface area contributed by atoms with E-state index in [9.17, 15) is 14.7 Å². The monoisotopic (exact) mass is 464 g/mol. The van der Waals surface area contributed by atoms with Crippen molar-refractivity contribution in [3.63, 3.8) is 0 Å². The van der Waals surface area contributed by atoms with Crippen molar-refractivity contribution in [3.05, 3.63) is 50.2 Å². The molecule has 0 radical (unpaired) electrons. The number of ether oxygens (including phenoxy) is 2. The minimum atomic E-state index is -0.731. The van der Waals surface area contributed by atoms with E-state index >= 15 is 0 Å². The Balaban J connectivity index is 2.23. The van der Waals surface area contributed by atoms with Gasteiger partial charge >= 0.3 is 0 Å². The molecule has 1 aromatic carbocycles. The number of aliphatic hydroxyl groups is 1. The third kappa shape index (κ3) is 4.28. The van der Waals surface area contributed by atoms with Gasteiger partial charge in [-0.1, -0.05) is 11.6 Å². The van der Waals surface area contributed by atoms with E-state index in [-0.39, 0.29) is 22.6 Å². The lowest BCUT2D eigenvalue weighted by atomic mass is 9.97. The molecule has 1 fully saturated rings. The number of aryl methyl sites for hydroxylation is 1. The zero-order chi connectivity index (χ0) is 22.9. The van der Waals surface area contributed by atoms with E-state index in [1.807, 2.05) is 37.4 Å². The molecule has 0 spiro atoms. The van der Waals surface area contributed by atoms with Gasteiger partial charge in [0.05, 0.1) is 36.4 Å². The highest BCUT2D eigenvalue weighted by Gasteiger charge is 2.47. The van der Waals surface area contributed by atoms with E-state index in [0.717, 1.165) is 10.4 Å². The summed E-state index contributed by atoms with van der Waals surface area (Å²) in [4.78, 5) is 30.3. The van der Waals surface area contributed by atoms with Crippen LogP contribution in [-0.4, -0.2) is 68.0 Å². The van der Waals surface area contributed by atoms with Crippen LogP contribution in [0, 0.1) is 6.92 Å². The van der Waals surface area contributed by atoms with Crippen LogP contribution in [0.5, 0.6) is 11.5 Å². The molecule has 2 aromatic rings. The molecule has 1 unspecified atom stereocenters. The van der Waals surface area contributed by atoms with E-state index < -0.39 is 17.7 Å². The van der Waals surface area contributed by atoms with Crippen LogP contribution in [0.4, 0.5) is 0 Å². The summed E-state index contributed by atoms with van der Waals surface area (Å²) < 4.78 is 10.6. The Bertz CT molecular complexity index is 1050. The van der Waals surface area contributed by atoms with Crippen molar-refractivity contribution in [2.45, 2.75) is 13.0 Å². The Hall–Kier alpha value is -2.55. The fourth-order valence-electron chi connectivity index (χ4n) is 3.55. The summed E-state index contributed by atoms with van der Waals surface area (Å²) in [5.74, 6) is -1.11. The lowest BCUT2D eigenvalue weighted by molar-refractivity contribution is -0.140. The number of Topliss-reactive ketones (excluding diaryl/α,β-unsaturated/α-hetero) is 1. The topological polar surface area (TPSA) is 79.3 Å². The number of benzene rings is 1. The highest BCUT2D eigenvalue weighted by molar-refractivity contribution is 7.10. The maximum Gasteiger partial charge on any atom is 0.295 e. The zero-order valence-corrected chi connectivity index (χ0v) is 19.6. The Morgan fingerprint density at radius 3 is 2.45 bits per heavy atom. The molecule has 166 valence electrons. The van der Waals surface area contributed by atoms with Gasteiger partial charge < -0.3 is 24.4 Å². The molecule has 9 heteroatoms. The number of amides is 1. The summed E-state index contributed by atoms with van der Waals surface area (Å²) >= 11 is 7.63. The minimum Gasteiger partial charge on any atom is -0.507 e. The molecule has 3 rings (SSSR count). The van der Waals surface area contributed by atoms with Crippen molar-refractivity contribution >= 4 is 40.4 Å². The van der Waals surface area contributed by atoms with E-state index in [1.165, 1.54) is 42.6 Å². The van der Waals surface area contributed by atoms with Gasteiger partial charge in [-0.05, 0) is 44.1 Å². The smallest absolute Gasteiger partial charge is 0.295 e. The molecule has 0 aliphatic carbocycles. The second kappa shape index (κ2) is 9.30. The molecule has 31 heavy (non-hydrogen) atoms. The largest absolute Gasteiger partial charge is 0.507 e. The number of nitrogens with zero attached hydrogens (tertiary/aromatic N) is 2. The highest BCUT2D eigenvalue weighted by Crippen LogP contribution is 2.44. The van der Waals surface area contributed by atoms with Crippen LogP contribution >= 0.6 is 22.9 Å². The molecule has 1 saturated heterocycles. The predicted molar refractivity (Wildman–Crippen MR) is 121 cm³/mol. The number of likely N-dealkylation sites (tertiary alicyclic amines) is 1. The van der Waals surface area contributed by atoms with Gasteiger partial charge in [0.2, 0.25) is 0 Å². The van der Waals surface area contributed by atoms with Crippen molar-refractivity contribution < 1.29 is 24.2 Å². The number of carbonyl (C=O) groups is 2. The molecule has 0 saturated carbocycles. The molecule has 1 amide bonds. The molecule has 1 aromatic heterocycles. The standard InChI is InChI=1S/C22H25ClN2O5S/c1-12-6-9-31-21(12)18-17(20(27)22(28)25(18)8-7-24(2)3)19(26)13-10-16(30-5)14(23)11-15(13)29-4/h6,9-11,18,26H,7-8H2,1-5H3/b19-17+. The van der Waals surface area contributed by atoms with Crippen molar-refractivity contribution in [1.82, 2.24) is 9.80 Å². The van der Waals surface area contributed by atoms with Gasteiger partial charge in [-0.2, -0.15) is 0 Å². The SMILES string of the molecule is COc1cc(/C(O)=C2\C(=O)C(=O)N(CCN(C)C)C2c2sccc2C)c(OC)cc1Cl. The number of rotatable bonds is 7. The number of thiophene rings is 1. The first-order valence-corrected chi connectivity index (χ1v) is 10.9. The minimum absolute atomic E-state index is 0.0250. The predicted octanol–water partition coefficient (Wildman–Crippen LogP) is 3.71.